The first-order valence-corrected chi connectivity index (χ1v) is 6.78. The average molecular weight is 270 g/mol. The number of aliphatic hydroxyl groups is 1. The topological polar surface area (TPSA) is 75.3 Å². The van der Waals surface area contributed by atoms with E-state index >= 15 is 0 Å². The molecule has 7 heteroatoms. The molecule has 0 aliphatic rings. The Balaban J connectivity index is 2.42. The van der Waals surface area contributed by atoms with Crippen molar-refractivity contribution in [3.05, 3.63) is 10.4 Å². The van der Waals surface area contributed by atoms with Crippen LogP contribution in [0.15, 0.2) is 5.38 Å². The lowest BCUT2D eigenvalue weighted by atomic mass is 10.2. The number of nitrogens with two attached hydrogens (primary N) is 1. The van der Waals surface area contributed by atoms with Gasteiger partial charge in [0.15, 0.2) is 0 Å². The Kier molecular flexibility index (Phi) is 3.60. The molecule has 2 rings (SSSR count). The fourth-order valence-electron chi connectivity index (χ4n) is 1.52. The van der Waals surface area contributed by atoms with Gasteiger partial charge in [0.25, 0.3) is 0 Å². The molecule has 0 radical (unpaired) electrons. The molecule has 17 heavy (non-hydrogen) atoms. The Bertz CT molecular complexity index is 508. The Hall–Kier alpha value is -1.18. The Morgan fingerprint density at radius 2 is 2.29 bits per heavy atom. The summed E-state index contributed by atoms with van der Waals surface area (Å²) in [7, 11) is 1.91. The van der Waals surface area contributed by atoms with E-state index in [0.29, 0.717) is 12.4 Å². The number of aliphatic hydroxyl groups excluding tert-OH is 1. The van der Waals surface area contributed by atoms with Crippen molar-refractivity contribution in [2.45, 2.75) is 6.92 Å². The number of likely N-dealkylation sites (N-methyl/N-ethyl adjacent to an activating group) is 1. The molecular formula is C10H14N4OS2. The summed E-state index contributed by atoms with van der Waals surface area (Å²) in [5.74, 6) is 0.500. The lowest BCUT2D eigenvalue weighted by Gasteiger charge is -2.16. The number of hydrogen-bond acceptors (Lipinski definition) is 7. The zero-order valence-electron chi connectivity index (χ0n) is 9.67. The third kappa shape index (κ3) is 2.41. The van der Waals surface area contributed by atoms with Crippen LogP contribution in [0.2, 0.25) is 0 Å². The Morgan fingerprint density at radius 1 is 1.53 bits per heavy atom. The molecule has 0 aliphatic heterocycles. The maximum atomic E-state index is 8.97. The van der Waals surface area contributed by atoms with Gasteiger partial charge in [0.1, 0.15) is 10.8 Å². The molecule has 0 bridgehead atoms. The summed E-state index contributed by atoms with van der Waals surface area (Å²) in [6.07, 6.45) is 0. The minimum atomic E-state index is 0.101. The van der Waals surface area contributed by atoms with Crippen LogP contribution in [0.25, 0.3) is 11.3 Å². The molecule has 0 spiro atoms. The first kappa shape index (κ1) is 12.3. The molecule has 2 aromatic rings. The third-order valence-corrected chi connectivity index (χ3v) is 4.11. The van der Waals surface area contributed by atoms with E-state index < -0.39 is 0 Å². The number of rotatable bonds is 4. The van der Waals surface area contributed by atoms with Crippen LogP contribution in [0.4, 0.5) is 10.8 Å². The van der Waals surface area contributed by atoms with E-state index in [-0.39, 0.29) is 6.61 Å². The van der Waals surface area contributed by atoms with E-state index in [4.69, 9.17) is 10.8 Å². The van der Waals surface area contributed by atoms with Gasteiger partial charge >= 0.3 is 0 Å². The molecule has 0 aromatic carbocycles. The second-order valence-corrected chi connectivity index (χ2v) is 5.46. The maximum absolute atomic E-state index is 8.97. The van der Waals surface area contributed by atoms with Gasteiger partial charge in [-0.1, -0.05) is 0 Å². The summed E-state index contributed by atoms with van der Waals surface area (Å²) in [4.78, 5) is 6.38. The van der Waals surface area contributed by atoms with Crippen LogP contribution >= 0.6 is 22.9 Å². The van der Waals surface area contributed by atoms with Crippen molar-refractivity contribution >= 4 is 33.7 Å². The van der Waals surface area contributed by atoms with Gasteiger partial charge in [-0.15, -0.1) is 11.3 Å². The van der Waals surface area contributed by atoms with Gasteiger partial charge in [0.05, 0.1) is 22.9 Å². The fourth-order valence-corrected chi connectivity index (χ4v) is 2.94. The first-order chi connectivity index (χ1) is 8.13. The Morgan fingerprint density at radius 3 is 2.88 bits per heavy atom. The number of anilines is 2. The van der Waals surface area contributed by atoms with Crippen LogP contribution in [0.5, 0.6) is 0 Å². The molecule has 0 atom stereocenters. The average Bonchev–Trinajstić information content (AvgIpc) is 2.85. The molecule has 0 amide bonds. The molecule has 2 aromatic heterocycles. The molecular weight excluding hydrogens is 256 g/mol. The largest absolute Gasteiger partial charge is 0.395 e. The van der Waals surface area contributed by atoms with Crippen LogP contribution < -0.4 is 10.6 Å². The molecule has 2 heterocycles. The van der Waals surface area contributed by atoms with Crippen molar-refractivity contribution in [2.24, 2.45) is 0 Å². The summed E-state index contributed by atoms with van der Waals surface area (Å²) in [6.45, 7) is 2.61. The zero-order chi connectivity index (χ0) is 12.4. The quantitative estimate of drug-likeness (QED) is 0.882. The predicted molar refractivity (Wildman–Crippen MR) is 72.7 cm³/mol. The lowest BCUT2D eigenvalue weighted by molar-refractivity contribution is 0.304. The molecule has 0 fully saturated rings. The number of aryl methyl sites for hydroxylation is 1. The fraction of sp³-hybridized carbons (Fsp3) is 0.400. The highest BCUT2D eigenvalue weighted by molar-refractivity contribution is 7.11. The SMILES string of the molecule is Cc1nc(-c2c(N)nsc2N(C)CCO)cs1. The third-order valence-electron chi connectivity index (χ3n) is 2.36. The smallest absolute Gasteiger partial charge is 0.148 e. The lowest BCUT2D eigenvalue weighted by Crippen LogP contribution is -2.20. The van der Waals surface area contributed by atoms with Gasteiger partial charge in [-0.3, -0.25) is 0 Å². The highest BCUT2D eigenvalue weighted by Gasteiger charge is 2.18. The van der Waals surface area contributed by atoms with E-state index in [1.54, 1.807) is 11.3 Å². The summed E-state index contributed by atoms with van der Waals surface area (Å²) >= 11 is 2.92. The summed E-state index contributed by atoms with van der Waals surface area (Å²) < 4.78 is 4.17. The number of nitrogen functional groups attached to an aromatic ring is 1. The highest BCUT2D eigenvalue weighted by Crippen LogP contribution is 2.38. The molecule has 92 valence electrons. The van der Waals surface area contributed by atoms with E-state index in [2.05, 4.69) is 9.36 Å². The predicted octanol–water partition coefficient (Wildman–Crippen LogP) is 1.59. The first-order valence-electron chi connectivity index (χ1n) is 5.13. The number of aromatic nitrogens is 2. The molecule has 0 aliphatic carbocycles. The van der Waals surface area contributed by atoms with E-state index in [1.807, 2.05) is 24.3 Å². The van der Waals surface area contributed by atoms with Crippen molar-refractivity contribution < 1.29 is 5.11 Å². The van der Waals surface area contributed by atoms with Gasteiger partial charge in [0, 0.05) is 19.0 Å². The maximum Gasteiger partial charge on any atom is 0.148 e. The second kappa shape index (κ2) is 4.99. The van der Waals surface area contributed by atoms with Crippen molar-refractivity contribution in [2.75, 3.05) is 30.8 Å². The molecule has 5 nitrogen and oxygen atoms in total. The van der Waals surface area contributed by atoms with Crippen LogP contribution in [0.1, 0.15) is 5.01 Å². The minimum absolute atomic E-state index is 0.101. The van der Waals surface area contributed by atoms with Gasteiger partial charge in [-0.05, 0) is 18.5 Å². The number of hydrogen-bond donors (Lipinski definition) is 2. The van der Waals surface area contributed by atoms with Gasteiger partial charge in [0.2, 0.25) is 0 Å². The summed E-state index contributed by atoms with van der Waals surface area (Å²) in [6, 6.07) is 0. The molecule has 0 saturated carbocycles. The van der Waals surface area contributed by atoms with Gasteiger partial charge < -0.3 is 15.7 Å². The van der Waals surface area contributed by atoms with Crippen LogP contribution in [0.3, 0.4) is 0 Å². The van der Waals surface area contributed by atoms with Crippen molar-refractivity contribution in [3.63, 3.8) is 0 Å². The van der Waals surface area contributed by atoms with Crippen molar-refractivity contribution in [1.82, 2.24) is 9.36 Å². The molecule has 0 unspecified atom stereocenters. The number of nitrogens with zero attached hydrogens (tertiary/aromatic N) is 3. The molecule has 3 N–H and O–H groups in total. The summed E-state index contributed by atoms with van der Waals surface area (Å²) in [5.41, 5.74) is 7.62. The van der Waals surface area contributed by atoms with Crippen LogP contribution in [-0.2, 0) is 0 Å². The van der Waals surface area contributed by atoms with Crippen LogP contribution in [0, 0.1) is 6.92 Å². The van der Waals surface area contributed by atoms with Gasteiger partial charge in [-0.2, -0.15) is 4.37 Å². The van der Waals surface area contributed by atoms with Gasteiger partial charge in [-0.25, -0.2) is 4.98 Å². The second-order valence-electron chi connectivity index (χ2n) is 3.64. The van der Waals surface area contributed by atoms with Crippen LogP contribution in [-0.4, -0.2) is 34.7 Å². The minimum Gasteiger partial charge on any atom is -0.395 e. The standard InChI is InChI=1S/C10H14N4OS2/c1-6-12-7(5-16-6)8-9(11)13-17-10(8)14(2)3-4-15/h5,15H,3-4H2,1-2H3,(H2,11,13). The highest BCUT2D eigenvalue weighted by atomic mass is 32.1. The van der Waals surface area contributed by atoms with Crippen molar-refractivity contribution in [3.8, 4) is 11.3 Å². The molecule has 0 saturated heterocycles. The monoisotopic (exact) mass is 270 g/mol. The normalized spacial score (nSPS) is 10.8. The van der Waals surface area contributed by atoms with E-state index in [1.165, 1.54) is 11.5 Å². The Labute approximate surface area is 108 Å². The van der Waals surface area contributed by atoms with E-state index in [9.17, 15) is 0 Å². The van der Waals surface area contributed by atoms with Crippen molar-refractivity contribution in [1.29, 1.82) is 0 Å². The number of thiazole rings is 1. The summed E-state index contributed by atoms with van der Waals surface area (Å²) in [5, 5.41) is 12.9. The zero-order valence-corrected chi connectivity index (χ0v) is 11.3. The van der Waals surface area contributed by atoms with E-state index in [0.717, 1.165) is 21.3 Å².